The molecule has 1 spiro atoms. The molecule has 2 aromatic rings. The third-order valence-electron chi connectivity index (χ3n) is 9.05. The predicted molar refractivity (Wildman–Crippen MR) is 168 cm³/mol. The van der Waals surface area contributed by atoms with Crippen molar-refractivity contribution in [1.82, 2.24) is 4.90 Å². The van der Waals surface area contributed by atoms with Gasteiger partial charge in [0, 0.05) is 18.8 Å². The average molecular weight is 620 g/mol. The van der Waals surface area contributed by atoms with Crippen LogP contribution in [0.3, 0.4) is 0 Å². The second-order valence-corrected chi connectivity index (χ2v) is 12.6. The van der Waals surface area contributed by atoms with Gasteiger partial charge < -0.3 is 29.3 Å². The van der Waals surface area contributed by atoms with Crippen molar-refractivity contribution in [3.05, 3.63) is 77.9 Å². The molecule has 10 heteroatoms. The molecule has 0 aromatic heterocycles. The second kappa shape index (κ2) is 12.0. The number of hydrogen-bond donors (Lipinski definition) is 1. The molecule has 4 heterocycles. The summed E-state index contributed by atoms with van der Waals surface area (Å²) in [7, 11) is 0. The Morgan fingerprint density at radius 2 is 1.73 bits per heavy atom. The molecule has 1 unspecified atom stereocenters. The highest BCUT2D eigenvalue weighted by Crippen LogP contribution is 2.54. The van der Waals surface area contributed by atoms with Gasteiger partial charge in [-0.05, 0) is 55.7 Å². The molecule has 4 aliphatic rings. The van der Waals surface area contributed by atoms with Crippen molar-refractivity contribution in [3.8, 4) is 5.75 Å². The van der Waals surface area contributed by atoms with Gasteiger partial charge in [0.1, 0.15) is 17.4 Å². The Kier molecular flexibility index (Phi) is 8.30. The van der Waals surface area contributed by atoms with Crippen LogP contribution in [-0.2, 0) is 19.1 Å². The van der Waals surface area contributed by atoms with Crippen LogP contribution in [0.25, 0.3) is 0 Å². The van der Waals surface area contributed by atoms with Crippen LogP contribution in [0.2, 0.25) is 5.02 Å². The van der Waals surface area contributed by atoms with Crippen LogP contribution >= 0.6 is 11.6 Å². The number of likely N-dealkylation sites (tertiary alicyclic amines) is 1. The molecule has 44 heavy (non-hydrogen) atoms. The summed E-state index contributed by atoms with van der Waals surface area (Å²) in [5.74, 6) is -1.98. The van der Waals surface area contributed by atoms with E-state index >= 15 is 0 Å². The fraction of sp³-hybridized carbons (Fsp3) is 0.441. The zero-order valence-electron chi connectivity index (χ0n) is 25.1. The number of hydrogen-bond acceptors (Lipinski definition) is 6. The van der Waals surface area contributed by atoms with Crippen LogP contribution < -0.4 is 14.5 Å². The minimum Gasteiger partial charge on any atom is -0.494 e. The molecule has 0 radical (unpaired) electrons. The Bertz CT molecular complexity index is 1490. The highest BCUT2D eigenvalue weighted by molar-refractivity contribution is 6.34. The van der Waals surface area contributed by atoms with Crippen molar-refractivity contribution in [2.24, 2.45) is 17.8 Å². The first-order chi connectivity index (χ1) is 21.2. The number of anilines is 2. The zero-order valence-corrected chi connectivity index (χ0v) is 25.9. The van der Waals surface area contributed by atoms with Gasteiger partial charge >= 0.3 is 0 Å². The molecule has 2 fully saturated rings. The number of amides is 3. The third kappa shape index (κ3) is 4.91. The summed E-state index contributed by atoms with van der Waals surface area (Å²) in [6.45, 7) is 6.64. The van der Waals surface area contributed by atoms with Crippen molar-refractivity contribution in [3.63, 3.8) is 0 Å². The van der Waals surface area contributed by atoms with Gasteiger partial charge in [0.25, 0.3) is 5.91 Å². The molecule has 1 N–H and O–H groups in total. The normalized spacial score (nSPS) is 28.6. The molecule has 4 aliphatic heterocycles. The summed E-state index contributed by atoms with van der Waals surface area (Å²) >= 11 is 6.55. The topological polar surface area (TPSA) is 99.6 Å². The smallest absolute Gasteiger partial charge is 0.253 e. The number of halogens is 1. The Morgan fingerprint density at radius 3 is 2.41 bits per heavy atom. The highest BCUT2D eigenvalue weighted by Gasteiger charge is 2.72. The van der Waals surface area contributed by atoms with Crippen molar-refractivity contribution >= 4 is 40.7 Å². The van der Waals surface area contributed by atoms with Gasteiger partial charge in [0.15, 0.2) is 0 Å². The fourth-order valence-corrected chi connectivity index (χ4v) is 7.54. The molecular weight excluding hydrogens is 582 g/mol. The predicted octanol–water partition coefficient (Wildman–Crippen LogP) is 4.23. The van der Waals surface area contributed by atoms with E-state index in [0.717, 1.165) is 0 Å². The van der Waals surface area contributed by atoms with Crippen molar-refractivity contribution in [2.45, 2.75) is 51.0 Å². The maximum atomic E-state index is 14.7. The molecule has 0 bridgehead atoms. The molecule has 232 valence electrons. The number of benzene rings is 2. The third-order valence-corrected chi connectivity index (χ3v) is 9.37. The SMILES string of the molecule is CCOc1ccc(N2CC=C[C@@H]3O[C@]45C=CCN(c6ccccc6Cl)C(=O)C4N([C@@H](CO)CC(C)C)C(=O)[C@@H]5[C@@H]3C2=O)cc1. The molecule has 0 aliphatic carbocycles. The number of ether oxygens (including phenoxy) is 2. The number of rotatable bonds is 8. The Morgan fingerprint density at radius 1 is 1.00 bits per heavy atom. The maximum Gasteiger partial charge on any atom is 0.253 e. The van der Waals surface area contributed by atoms with Crippen LogP contribution in [0.5, 0.6) is 5.75 Å². The van der Waals surface area contributed by atoms with Crippen molar-refractivity contribution < 1.29 is 29.0 Å². The van der Waals surface area contributed by atoms with Crippen LogP contribution in [0.1, 0.15) is 27.2 Å². The van der Waals surface area contributed by atoms with Gasteiger partial charge in [-0.25, -0.2) is 0 Å². The average Bonchev–Trinajstić information content (AvgIpc) is 3.32. The first kappa shape index (κ1) is 30.4. The van der Waals surface area contributed by atoms with E-state index in [9.17, 15) is 19.5 Å². The van der Waals surface area contributed by atoms with Crippen LogP contribution in [0.4, 0.5) is 11.4 Å². The molecule has 6 atom stereocenters. The maximum absolute atomic E-state index is 14.7. The van der Waals surface area contributed by atoms with E-state index in [1.807, 2.05) is 63.3 Å². The number of carbonyl (C=O) groups excluding carboxylic acids is 3. The number of aliphatic hydroxyl groups is 1. The van der Waals surface area contributed by atoms with Crippen molar-refractivity contribution in [1.29, 1.82) is 0 Å². The quantitative estimate of drug-likeness (QED) is 0.444. The molecule has 0 saturated carbocycles. The molecule has 6 rings (SSSR count). The minimum absolute atomic E-state index is 0.138. The Hall–Kier alpha value is -3.66. The fourth-order valence-electron chi connectivity index (χ4n) is 7.30. The number of aliphatic hydroxyl groups excluding tert-OH is 1. The van der Waals surface area contributed by atoms with E-state index in [1.54, 1.807) is 40.1 Å². The van der Waals surface area contributed by atoms with Gasteiger partial charge in [0.05, 0.1) is 47.9 Å². The Labute approximate surface area is 262 Å². The Balaban J connectivity index is 1.44. The van der Waals surface area contributed by atoms with Gasteiger partial charge in [-0.2, -0.15) is 0 Å². The lowest BCUT2D eigenvalue weighted by atomic mass is 9.77. The van der Waals surface area contributed by atoms with E-state index in [1.165, 1.54) is 4.90 Å². The lowest BCUT2D eigenvalue weighted by Crippen LogP contribution is -2.58. The van der Waals surface area contributed by atoms with Gasteiger partial charge in [-0.15, -0.1) is 0 Å². The largest absolute Gasteiger partial charge is 0.494 e. The first-order valence-electron chi connectivity index (χ1n) is 15.3. The van der Waals surface area contributed by atoms with Crippen LogP contribution in [0, 0.1) is 17.8 Å². The molecule has 2 saturated heterocycles. The number of nitrogens with zero attached hydrogens (tertiary/aromatic N) is 3. The first-order valence-corrected chi connectivity index (χ1v) is 15.6. The van der Waals surface area contributed by atoms with Gasteiger partial charge in [-0.1, -0.05) is 61.9 Å². The summed E-state index contributed by atoms with van der Waals surface area (Å²) in [5, 5.41) is 11.0. The summed E-state index contributed by atoms with van der Waals surface area (Å²) in [6, 6.07) is 12.6. The number of carbonyl (C=O) groups is 3. The summed E-state index contributed by atoms with van der Waals surface area (Å²) in [6.07, 6.45) is 7.11. The summed E-state index contributed by atoms with van der Waals surface area (Å²) in [4.78, 5) is 48.5. The van der Waals surface area contributed by atoms with Crippen LogP contribution in [-0.4, -0.2) is 77.8 Å². The lowest BCUT2D eigenvalue weighted by molar-refractivity contribution is -0.144. The summed E-state index contributed by atoms with van der Waals surface area (Å²) in [5.41, 5.74) is -0.217. The molecule has 2 aromatic carbocycles. The molecule has 9 nitrogen and oxygen atoms in total. The van der Waals surface area contributed by atoms with E-state index in [4.69, 9.17) is 21.1 Å². The minimum atomic E-state index is -1.41. The van der Waals surface area contributed by atoms with Crippen molar-refractivity contribution in [2.75, 3.05) is 36.1 Å². The standard InChI is InChI=1S/C34H38ClN3O6/c1-4-43-24-14-12-22(13-15-24)36-17-7-11-27-28(31(36)40)29-32(41)38(23(20-39)19-21(2)3)30-33(42)37(18-8-16-34(29,30)44-27)26-10-6-5-9-25(26)35/h5-16,21,23,27-30,39H,4,17-20H2,1-3H3/t23-,27+,28-,29+,30?,34+/m1/s1. The molecular formula is C34H38ClN3O6. The highest BCUT2D eigenvalue weighted by atomic mass is 35.5. The van der Waals surface area contributed by atoms with Gasteiger partial charge in [-0.3, -0.25) is 14.4 Å². The summed E-state index contributed by atoms with van der Waals surface area (Å²) < 4.78 is 12.3. The number of para-hydroxylation sites is 1. The van der Waals surface area contributed by atoms with E-state index in [-0.39, 0.29) is 36.8 Å². The van der Waals surface area contributed by atoms with E-state index < -0.39 is 35.6 Å². The van der Waals surface area contributed by atoms with E-state index in [2.05, 4.69) is 0 Å². The monoisotopic (exact) mass is 619 g/mol. The zero-order chi connectivity index (χ0) is 31.2. The van der Waals surface area contributed by atoms with Crippen LogP contribution in [0.15, 0.2) is 72.8 Å². The number of fused-ring (bicyclic) bond motifs is 2. The van der Waals surface area contributed by atoms with E-state index in [0.29, 0.717) is 41.7 Å². The lowest BCUT2D eigenvalue weighted by Gasteiger charge is -2.39. The van der Waals surface area contributed by atoms with Gasteiger partial charge in [0.2, 0.25) is 11.8 Å². The second-order valence-electron chi connectivity index (χ2n) is 12.2. The molecule has 3 amide bonds.